The van der Waals surface area contributed by atoms with Crippen LogP contribution in [0.3, 0.4) is 0 Å². The Kier molecular flexibility index (Phi) is 1.74. The molecule has 1 aromatic carbocycles. The highest BCUT2D eigenvalue weighted by Gasteiger charge is 2.00. The Labute approximate surface area is 76.0 Å². The molecule has 0 saturated carbocycles. The zero-order chi connectivity index (χ0) is 8.55. The summed E-state index contributed by atoms with van der Waals surface area (Å²) in [5, 5.41) is 1.83. The van der Waals surface area contributed by atoms with Gasteiger partial charge < -0.3 is 0 Å². The van der Waals surface area contributed by atoms with Crippen LogP contribution in [0.4, 0.5) is 0 Å². The van der Waals surface area contributed by atoms with Gasteiger partial charge >= 0.3 is 0 Å². The number of nitrogens with zero attached hydrogens (tertiary/aromatic N) is 1. The molecule has 12 heavy (non-hydrogen) atoms. The van der Waals surface area contributed by atoms with Crippen molar-refractivity contribution in [3.63, 3.8) is 0 Å². The smallest absolute Gasteiger partial charge is 0.0717 e. The Bertz CT molecular complexity index is 423. The summed E-state index contributed by atoms with van der Waals surface area (Å²) in [5.74, 6) is 0. The van der Waals surface area contributed by atoms with Crippen molar-refractivity contribution in [3.05, 3.63) is 41.0 Å². The summed E-state index contributed by atoms with van der Waals surface area (Å²) in [7, 11) is 0. The summed E-state index contributed by atoms with van der Waals surface area (Å²) < 4.78 is 0. The molecule has 2 aromatic rings. The zero-order valence-electron chi connectivity index (χ0n) is 6.71. The molecule has 0 radical (unpaired) electrons. The Hall–Kier alpha value is -1.08. The van der Waals surface area contributed by atoms with Gasteiger partial charge in [0.15, 0.2) is 0 Å². The topological polar surface area (TPSA) is 12.9 Å². The third-order valence-electron chi connectivity index (χ3n) is 1.88. The van der Waals surface area contributed by atoms with E-state index < -0.39 is 0 Å². The number of aromatic nitrogens is 1. The van der Waals surface area contributed by atoms with Gasteiger partial charge in [-0.25, -0.2) is 0 Å². The standard InChI is InChI=1S/C10H8ClN/c1-7-6-12-9-5-3-2-4-8(9)10(7)11/h2-6H,1H3. The van der Waals surface area contributed by atoms with Gasteiger partial charge in [0.05, 0.1) is 10.5 Å². The fourth-order valence-corrected chi connectivity index (χ4v) is 1.42. The van der Waals surface area contributed by atoms with Gasteiger partial charge in [0, 0.05) is 11.6 Å². The molecular formula is C10H8ClN. The number of halogens is 1. The molecule has 1 aromatic heterocycles. The first kappa shape index (κ1) is 7.56. The van der Waals surface area contributed by atoms with Gasteiger partial charge in [0.1, 0.15) is 0 Å². The van der Waals surface area contributed by atoms with E-state index in [-0.39, 0.29) is 0 Å². The molecule has 0 atom stereocenters. The van der Waals surface area contributed by atoms with Crippen molar-refractivity contribution in [1.82, 2.24) is 4.98 Å². The van der Waals surface area contributed by atoms with E-state index >= 15 is 0 Å². The summed E-state index contributed by atoms with van der Waals surface area (Å²) in [5.41, 5.74) is 1.98. The molecule has 0 spiro atoms. The van der Waals surface area contributed by atoms with Crippen LogP contribution in [0.2, 0.25) is 5.02 Å². The molecule has 0 bridgehead atoms. The van der Waals surface area contributed by atoms with E-state index in [1.807, 2.05) is 31.2 Å². The summed E-state index contributed by atoms with van der Waals surface area (Å²) in [6, 6.07) is 7.87. The molecule has 0 amide bonds. The van der Waals surface area contributed by atoms with Gasteiger partial charge in [-0.05, 0) is 18.6 Å². The summed E-state index contributed by atoms with van der Waals surface area (Å²) in [4.78, 5) is 4.26. The lowest BCUT2D eigenvalue weighted by Gasteiger charge is -2.01. The SMILES string of the molecule is Cc1cnc2ccccc2c1Cl. The monoisotopic (exact) mass is 177 g/mol. The van der Waals surface area contributed by atoms with Crippen LogP contribution in [0.15, 0.2) is 30.5 Å². The fraction of sp³-hybridized carbons (Fsp3) is 0.100. The van der Waals surface area contributed by atoms with E-state index in [1.165, 1.54) is 0 Å². The quantitative estimate of drug-likeness (QED) is 0.602. The molecule has 60 valence electrons. The van der Waals surface area contributed by atoms with Crippen molar-refractivity contribution >= 4 is 22.5 Å². The highest BCUT2D eigenvalue weighted by molar-refractivity contribution is 6.36. The third kappa shape index (κ3) is 1.07. The minimum atomic E-state index is 0.806. The van der Waals surface area contributed by atoms with Gasteiger partial charge in [0.25, 0.3) is 0 Å². The fourth-order valence-electron chi connectivity index (χ4n) is 1.21. The molecule has 0 N–H and O–H groups in total. The third-order valence-corrected chi connectivity index (χ3v) is 2.39. The highest BCUT2D eigenvalue weighted by atomic mass is 35.5. The molecule has 0 aliphatic carbocycles. The van der Waals surface area contributed by atoms with Crippen molar-refractivity contribution < 1.29 is 0 Å². The van der Waals surface area contributed by atoms with Crippen LogP contribution in [0.25, 0.3) is 10.9 Å². The molecule has 0 aliphatic heterocycles. The van der Waals surface area contributed by atoms with Crippen LogP contribution in [-0.4, -0.2) is 4.98 Å². The van der Waals surface area contributed by atoms with Gasteiger partial charge in [-0.15, -0.1) is 0 Å². The Morgan fingerprint density at radius 2 is 2.00 bits per heavy atom. The van der Waals surface area contributed by atoms with Crippen molar-refractivity contribution in [3.8, 4) is 0 Å². The van der Waals surface area contributed by atoms with Crippen LogP contribution in [0.1, 0.15) is 5.56 Å². The number of pyridine rings is 1. The second kappa shape index (κ2) is 2.76. The lowest BCUT2D eigenvalue weighted by Crippen LogP contribution is -1.82. The normalized spacial score (nSPS) is 10.5. The average molecular weight is 178 g/mol. The first-order chi connectivity index (χ1) is 5.79. The van der Waals surface area contributed by atoms with Crippen LogP contribution in [0.5, 0.6) is 0 Å². The number of benzene rings is 1. The number of aryl methyl sites for hydroxylation is 1. The molecule has 1 nitrogen and oxygen atoms in total. The number of hydrogen-bond acceptors (Lipinski definition) is 1. The Balaban J connectivity index is 2.91. The van der Waals surface area contributed by atoms with Gasteiger partial charge in [-0.2, -0.15) is 0 Å². The van der Waals surface area contributed by atoms with E-state index in [4.69, 9.17) is 11.6 Å². The van der Waals surface area contributed by atoms with Crippen LogP contribution >= 0.6 is 11.6 Å². The molecule has 0 unspecified atom stereocenters. The van der Waals surface area contributed by atoms with Gasteiger partial charge in [-0.3, -0.25) is 4.98 Å². The van der Waals surface area contributed by atoms with E-state index in [1.54, 1.807) is 6.20 Å². The zero-order valence-corrected chi connectivity index (χ0v) is 7.47. The van der Waals surface area contributed by atoms with Crippen LogP contribution in [-0.2, 0) is 0 Å². The Morgan fingerprint density at radius 1 is 1.25 bits per heavy atom. The number of rotatable bonds is 0. The molecule has 0 saturated heterocycles. The van der Waals surface area contributed by atoms with Crippen molar-refractivity contribution in [2.24, 2.45) is 0 Å². The van der Waals surface area contributed by atoms with E-state index in [0.29, 0.717) is 0 Å². The first-order valence-corrected chi connectivity index (χ1v) is 4.16. The summed E-state index contributed by atoms with van der Waals surface area (Å²) in [6.45, 7) is 1.96. The highest BCUT2D eigenvalue weighted by Crippen LogP contribution is 2.24. The molecule has 0 fully saturated rings. The van der Waals surface area contributed by atoms with Crippen LogP contribution < -0.4 is 0 Å². The van der Waals surface area contributed by atoms with E-state index in [2.05, 4.69) is 4.98 Å². The molecule has 2 heteroatoms. The minimum Gasteiger partial charge on any atom is -0.256 e. The van der Waals surface area contributed by atoms with E-state index in [0.717, 1.165) is 21.5 Å². The second-order valence-corrected chi connectivity index (χ2v) is 3.15. The molecular weight excluding hydrogens is 170 g/mol. The maximum atomic E-state index is 6.09. The van der Waals surface area contributed by atoms with Crippen LogP contribution in [0, 0.1) is 6.92 Å². The first-order valence-electron chi connectivity index (χ1n) is 3.79. The summed E-state index contributed by atoms with van der Waals surface area (Å²) in [6.07, 6.45) is 1.80. The average Bonchev–Trinajstić information content (AvgIpc) is 2.12. The number of hydrogen-bond donors (Lipinski definition) is 0. The minimum absolute atomic E-state index is 0.806. The maximum Gasteiger partial charge on any atom is 0.0717 e. The van der Waals surface area contributed by atoms with Crippen molar-refractivity contribution in [1.29, 1.82) is 0 Å². The molecule has 0 aliphatic rings. The lowest BCUT2D eigenvalue weighted by atomic mass is 10.2. The molecule has 2 rings (SSSR count). The number of fused-ring (bicyclic) bond motifs is 1. The maximum absolute atomic E-state index is 6.09. The van der Waals surface area contributed by atoms with Gasteiger partial charge in [0.2, 0.25) is 0 Å². The van der Waals surface area contributed by atoms with Gasteiger partial charge in [-0.1, -0.05) is 29.8 Å². The largest absolute Gasteiger partial charge is 0.256 e. The second-order valence-electron chi connectivity index (χ2n) is 2.77. The number of para-hydroxylation sites is 1. The van der Waals surface area contributed by atoms with E-state index in [9.17, 15) is 0 Å². The predicted molar refractivity (Wildman–Crippen MR) is 51.5 cm³/mol. The summed E-state index contributed by atoms with van der Waals surface area (Å²) >= 11 is 6.09. The Morgan fingerprint density at radius 3 is 2.83 bits per heavy atom. The van der Waals surface area contributed by atoms with Crippen molar-refractivity contribution in [2.75, 3.05) is 0 Å². The predicted octanol–water partition coefficient (Wildman–Crippen LogP) is 3.20. The molecule has 1 heterocycles. The van der Waals surface area contributed by atoms with Crippen molar-refractivity contribution in [2.45, 2.75) is 6.92 Å². The lowest BCUT2D eigenvalue weighted by molar-refractivity contribution is 1.33.